The first-order chi connectivity index (χ1) is 12.3. The zero-order chi connectivity index (χ0) is 19.2. The average Bonchev–Trinajstić information content (AvgIpc) is 2.62. The third kappa shape index (κ3) is 5.59. The van der Waals surface area contributed by atoms with Gasteiger partial charge in [0.25, 0.3) is 0 Å². The smallest absolute Gasteiger partial charge is 0.241 e. The van der Waals surface area contributed by atoms with Crippen molar-refractivity contribution in [2.24, 2.45) is 4.99 Å². The van der Waals surface area contributed by atoms with Gasteiger partial charge in [0.2, 0.25) is 5.91 Å². The van der Waals surface area contributed by atoms with Crippen molar-refractivity contribution in [2.75, 3.05) is 33.2 Å². The topological polar surface area (TPSA) is 56.7 Å². The van der Waals surface area contributed by atoms with Crippen LogP contribution in [0.3, 0.4) is 0 Å². The van der Waals surface area contributed by atoms with Gasteiger partial charge in [0.1, 0.15) is 5.82 Å². The summed E-state index contributed by atoms with van der Waals surface area (Å²) in [5, 5.41) is 6.70. The summed E-state index contributed by atoms with van der Waals surface area (Å²) >= 11 is 6.19. The molecule has 1 amide bonds. The van der Waals surface area contributed by atoms with Gasteiger partial charge in [-0.2, -0.15) is 0 Å². The molecular weight excluding hydrogens is 355 g/mol. The number of benzene rings is 1. The highest BCUT2D eigenvalue weighted by molar-refractivity contribution is 6.31. The van der Waals surface area contributed by atoms with E-state index in [9.17, 15) is 9.18 Å². The fraction of sp³-hybridized carbons (Fsp3) is 0.579. The fourth-order valence-electron chi connectivity index (χ4n) is 3.07. The van der Waals surface area contributed by atoms with E-state index in [1.165, 1.54) is 18.6 Å². The van der Waals surface area contributed by atoms with Gasteiger partial charge in [0.15, 0.2) is 5.96 Å². The lowest BCUT2D eigenvalue weighted by molar-refractivity contribution is -0.130. The summed E-state index contributed by atoms with van der Waals surface area (Å²) in [6.07, 6.45) is 3.35. The van der Waals surface area contributed by atoms with Crippen LogP contribution in [0.5, 0.6) is 0 Å². The Morgan fingerprint density at radius 3 is 2.58 bits per heavy atom. The predicted octanol–water partition coefficient (Wildman–Crippen LogP) is 2.93. The number of likely N-dealkylation sites (tertiary alicyclic amines) is 1. The Bertz CT molecular complexity index is 657. The normalized spacial score (nSPS) is 15.7. The molecule has 26 heavy (non-hydrogen) atoms. The standard InChI is InChI=1S/C19H28ClFN4O/c1-19(2,15-8-7-14(21)11-16(15)20)13-24-18(22-3)23-12-17(26)25-9-5-4-6-10-25/h7-8,11H,4-6,9-10,12-13H2,1-3H3,(H2,22,23,24). The molecule has 0 unspecified atom stereocenters. The fourth-order valence-corrected chi connectivity index (χ4v) is 3.50. The zero-order valence-corrected chi connectivity index (χ0v) is 16.5. The van der Waals surface area contributed by atoms with E-state index in [4.69, 9.17) is 11.6 Å². The van der Waals surface area contributed by atoms with Crippen molar-refractivity contribution in [1.29, 1.82) is 0 Å². The summed E-state index contributed by atoms with van der Waals surface area (Å²) < 4.78 is 13.3. The summed E-state index contributed by atoms with van der Waals surface area (Å²) in [5.74, 6) is 0.298. The SMILES string of the molecule is CN=C(NCC(=O)N1CCCCC1)NCC(C)(C)c1ccc(F)cc1Cl. The van der Waals surface area contributed by atoms with E-state index in [1.54, 1.807) is 13.1 Å². The first-order valence-corrected chi connectivity index (χ1v) is 9.39. The molecule has 0 bridgehead atoms. The van der Waals surface area contributed by atoms with Gasteiger partial charge >= 0.3 is 0 Å². The Kier molecular flexibility index (Phi) is 7.26. The number of nitrogens with zero attached hydrogens (tertiary/aromatic N) is 2. The molecule has 7 heteroatoms. The summed E-state index contributed by atoms with van der Waals surface area (Å²) in [4.78, 5) is 18.3. The first-order valence-electron chi connectivity index (χ1n) is 9.01. The average molecular weight is 383 g/mol. The highest BCUT2D eigenvalue weighted by atomic mass is 35.5. The molecule has 0 aromatic heterocycles. The molecule has 1 aliphatic rings. The number of hydrogen-bond donors (Lipinski definition) is 2. The van der Waals surface area contributed by atoms with Crippen LogP contribution in [0.4, 0.5) is 4.39 Å². The van der Waals surface area contributed by atoms with E-state index in [2.05, 4.69) is 15.6 Å². The van der Waals surface area contributed by atoms with Crippen LogP contribution in [-0.4, -0.2) is 50.0 Å². The molecular formula is C19H28ClFN4O. The number of hydrogen-bond acceptors (Lipinski definition) is 2. The van der Waals surface area contributed by atoms with Gasteiger partial charge in [-0.1, -0.05) is 31.5 Å². The quantitative estimate of drug-likeness (QED) is 0.608. The van der Waals surface area contributed by atoms with Crippen LogP contribution < -0.4 is 10.6 Å². The number of nitrogens with one attached hydrogen (secondary N) is 2. The maximum atomic E-state index is 13.3. The van der Waals surface area contributed by atoms with Gasteiger partial charge in [-0.05, 0) is 37.0 Å². The predicted molar refractivity (Wildman–Crippen MR) is 104 cm³/mol. The van der Waals surface area contributed by atoms with Crippen LogP contribution >= 0.6 is 11.6 Å². The Morgan fingerprint density at radius 1 is 1.27 bits per heavy atom. The minimum absolute atomic E-state index is 0.0912. The maximum absolute atomic E-state index is 13.3. The molecule has 1 aromatic carbocycles. The number of amides is 1. The van der Waals surface area contributed by atoms with Crippen molar-refractivity contribution in [3.63, 3.8) is 0 Å². The summed E-state index contributed by atoms with van der Waals surface area (Å²) in [5.41, 5.74) is 0.521. The largest absolute Gasteiger partial charge is 0.356 e. The Balaban J connectivity index is 1.88. The van der Waals surface area contributed by atoms with E-state index < -0.39 is 0 Å². The lowest BCUT2D eigenvalue weighted by Gasteiger charge is -2.29. The highest BCUT2D eigenvalue weighted by Crippen LogP contribution is 2.29. The minimum atomic E-state index is -0.351. The number of guanidine groups is 1. The molecule has 0 spiro atoms. The molecule has 1 heterocycles. The van der Waals surface area contributed by atoms with Gasteiger partial charge in [-0.25, -0.2) is 4.39 Å². The molecule has 1 saturated heterocycles. The van der Waals surface area contributed by atoms with Gasteiger partial charge in [0.05, 0.1) is 6.54 Å². The number of carbonyl (C=O) groups is 1. The number of aliphatic imine (C=N–C) groups is 1. The molecule has 1 aliphatic heterocycles. The van der Waals surface area contributed by atoms with E-state index >= 15 is 0 Å². The second-order valence-electron chi connectivity index (χ2n) is 7.23. The Hall–Kier alpha value is -1.82. The molecule has 0 aliphatic carbocycles. The second-order valence-corrected chi connectivity index (χ2v) is 7.64. The summed E-state index contributed by atoms with van der Waals surface area (Å²) in [6, 6.07) is 4.44. The highest BCUT2D eigenvalue weighted by Gasteiger charge is 2.24. The Morgan fingerprint density at radius 2 is 1.96 bits per heavy atom. The van der Waals surface area contributed by atoms with Crippen LogP contribution in [0, 0.1) is 5.82 Å². The molecule has 1 fully saturated rings. The van der Waals surface area contributed by atoms with E-state index in [0.717, 1.165) is 31.5 Å². The van der Waals surface area contributed by atoms with Crippen LogP contribution in [-0.2, 0) is 10.2 Å². The van der Waals surface area contributed by atoms with Crippen molar-refractivity contribution in [3.8, 4) is 0 Å². The van der Waals surface area contributed by atoms with Gasteiger partial charge in [-0.15, -0.1) is 0 Å². The minimum Gasteiger partial charge on any atom is -0.356 e. The number of rotatable bonds is 5. The zero-order valence-electron chi connectivity index (χ0n) is 15.7. The lowest BCUT2D eigenvalue weighted by atomic mass is 9.84. The molecule has 0 saturated carbocycles. The summed E-state index contributed by atoms with van der Waals surface area (Å²) in [6.45, 7) is 6.47. The molecule has 0 atom stereocenters. The molecule has 0 radical (unpaired) electrons. The van der Waals surface area contributed by atoms with Crippen molar-refractivity contribution in [3.05, 3.63) is 34.6 Å². The van der Waals surface area contributed by atoms with E-state index in [-0.39, 0.29) is 23.7 Å². The van der Waals surface area contributed by atoms with Gasteiger partial charge < -0.3 is 15.5 Å². The van der Waals surface area contributed by atoms with Crippen molar-refractivity contribution in [2.45, 2.75) is 38.5 Å². The van der Waals surface area contributed by atoms with Crippen molar-refractivity contribution < 1.29 is 9.18 Å². The maximum Gasteiger partial charge on any atom is 0.241 e. The van der Waals surface area contributed by atoms with Crippen LogP contribution in [0.25, 0.3) is 0 Å². The van der Waals surface area contributed by atoms with Gasteiger partial charge in [0, 0.05) is 37.1 Å². The first kappa shape index (κ1) is 20.5. The monoisotopic (exact) mass is 382 g/mol. The van der Waals surface area contributed by atoms with Crippen LogP contribution in [0.15, 0.2) is 23.2 Å². The van der Waals surface area contributed by atoms with E-state index in [1.807, 2.05) is 18.7 Å². The lowest BCUT2D eigenvalue weighted by Crippen LogP contribution is -2.48. The number of halogens is 2. The summed E-state index contributed by atoms with van der Waals surface area (Å²) in [7, 11) is 1.67. The van der Waals surface area contributed by atoms with Crippen LogP contribution in [0.1, 0.15) is 38.7 Å². The molecule has 2 N–H and O–H groups in total. The van der Waals surface area contributed by atoms with E-state index in [0.29, 0.717) is 17.5 Å². The van der Waals surface area contributed by atoms with Crippen LogP contribution in [0.2, 0.25) is 5.02 Å². The third-order valence-corrected chi connectivity index (χ3v) is 5.01. The molecule has 1 aromatic rings. The van der Waals surface area contributed by atoms with Gasteiger partial charge in [-0.3, -0.25) is 9.79 Å². The molecule has 5 nitrogen and oxygen atoms in total. The molecule has 144 valence electrons. The number of carbonyl (C=O) groups excluding carboxylic acids is 1. The van der Waals surface area contributed by atoms with Crippen molar-refractivity contribution >= 4 is 23.5 Å². The Labute approximate surface area is 160 Å². The van der Waals surface area contributed by atoms with Crippen molar-refractivity contribution in [1.82, 2.24) is 15.5 Å². The second kappa shape index (κ2) is 9.21. The third-order valence-electron chi connectivity index (χ3n) is 4.70. The molecule has 2 rings (SSSR count). The number of piperidine rings is 1.